The van der Waals surface area contributed by atoms with Gasteiger partial charge in [-0.15, -0.1) is 0 Å². The van der Waals surface area contributed by atoms with Crippen LogP contribution in [0.3, 0.4) is 0 Å². The summed E-state index contributed by atoms with van der Waals surface area (Å²) >= 11 is 5.84. The molecule has 90 valence electrons. The predicted octanol–water partition coefficient (Wildman–Crippen LogP) is 2.46. The molecule has 0 atom stereocenters. The van der Waals surface area contributed by atoms with E-state index in [4.69, 9.17) is 11.6 Å². The highest BCUT2D eigenvalue weighted by molar-refractivity contribution is 6.30. The van der Waals surface area contributed by atoms with Crippen molar-refractivity contribution in [2.24, 2.45) is 11.7 Å². The highest BCUT2D eigenvalue weighted by Gasteiger charge is 2.12. The topological polar surface area (TPSA) is 38.0 Å². The molecule has 0 aliphatic carbocycles. The van der Waals surface area contributed by atoms with Crippen molar-refractivity contribution in [1.82, 2.24) is 5.32 Å². The van der Waals surface area contributed by atoms with Gasteiger partial charge in [0.05, 0.1) is 0 Å². The molecule has 1 saturated heterocycles. The summed E-state index contributed by atoms with van der Waals surface area (Å²) in [6.07, 6.45) is 3.82. The number of hydrogen-bond acceptors (Lipinski definition) is 2. The van der Waals surface area contributed by atoms with Crippen molar-refractivity contribution in [3.8, 4) is 0 Å². The van der Waals surface area contributed by atoms with E-state index >= 15 is 0 Å². The molecule has 16 heavy (non-hydrogen) atoms. The molecule has 2 rings (SSSR count). The van der Waals surface area contributed by atoms with Crippen LogP contribution in [0, 0.1) is 5.92 Å². The standard InChI is InChI=1S/C12H16ClN.CH5N/c13-12-3-1-10(2-4-12)9-11-5-7-14-8-6-11;1-2/h1-4,11,14H,5-9H2;2H2,1H3. The molecular weight excluding hydrogens is 220 g/mol. The third-order valence-corrected chi connectivity index (χ3v) is 3.15. The van der Waals surface area contributed by atoms with Crippen LogP contribution in [-0.4, -0.2) is 20.1 Å². The zero-order chi connectivity index (χ0) is 11.8. The third-order valence-electron chi connectivity index (χ3n) is 2.90. The van der Waals surface area contributed by atoms with Gasteiger partial charge in [-0.1, -0.05) is 23.7 Å². The molecule has 1 heterocycles. The Morgan fingerprint density at radius 3 is 2.31 bits per heavy atom. The Balaban J connectivity index is 0.000000606. The first kappa shape index (κ1) is 13.5. The molecule has 1 aromatic rings. The van der Waals surface area contributed by atoms with Crippen LogP contribution < -0.4 is 11.1 Å². The van der Waals surface area contributed by atoms with Gasteiger partial charge in [0.1, 0.15) is 0 Å². The molecule has 1 aromatic carbocycles. The van der Waals surface area contributed by atoms with Crippen LogP contribution in [0.1, 0.15) is 18.4 Å². The quantitative estimate of drug-likeness (QED) is 0.834. The number of rotatable bonds is 2. The van der Waals surface area contributed by atoms with Crippen molar-refractivity contribution in [3.05, 3.63) is 34.9 Å². The Kier molecular flexibility index (Phi) is 6.46. The monoisotopic (exact) mass is 240 g/mol. The largest absolute Gasteiger partial charge is 0.333 e. The fourth-order valence-electron chi connectivity index (χ4n) is 2.04. The van der Waals surface area contributed by atoms with Gasteiger partial charge in [0, 0.05) is 5.02 Å². The van der Waals surface area contributed by atoms with Gasteiger partial charge in [0.25, 0.3) is 0 Å². The number of piperidine rings is 1. The van der Waals surface area contributed by atoms with E-state index in [1.54, 1.807) is 0 Å². The minimum atomic E-state index is 0.832. The van der Waals surface area contributed by atoms with Crippen LogP contribution >= 0.6 is 11.6 Å². The third kappa shape index (κ3) is 4.52. The highest BCUT2D eigenvalue weighted by Crippen LogP contribution is 2.19. The summed E-state index contributed by atoms with van der Waals surface area (Å²) in [6.45, 7) is 2.36. The molecule has 1 aliphatic heterocycles. The first-order chi connectivity index (χ1) is 7.84. The van der Waals surface area contributed by atoms with Crippen molar-refractivity contribution in [2.45, 2.75) is 19.3 Å². The molecule has 0 amide bonds. The van der Waals surface area contributed by atoms with Crippen LogP contribution in [0.4, 0.5) is 0 Å². The first-order valence-corrected chi connectivity index (χ1v) is 6.25. The summed E-state index contributed by atoms with van der Waals surface area (Å²) in [5, 5.41) is 4.22. The molecule has 0 radical (unpaired) electrons. The van der Waals surface area contributed by atoms with E-state index in [2.05, 4.69) is 23.2 Å². The van der Waals surface area contributed by atoms with Crippen LogP contribution in [0.5, 0.6) is 0 Å². The van der Waals surface area contributed by atoms with Gasteiger partial charge < -0.3 is 11.1 Å². The van der Waals surface area contributed by atoms with Gasteiger partial charge in [-0.25, -0.2) is 0 Å². The minimum absolute atomic E-state index is 0.832. The fraction of sp³-hybridized carbons (Fsp3) is 0.538. The van der Waals surface area contributed by atoms with Gasteiger partial charge in [-0.3, -0.25) is 0 Å². The second-order valence-electron chi connectivity index (χ2n) is 4.02. The second kappa shape index (κ2) is 7.66. The molecule has 0 spiro atoms. The molecule has 3 heteroatoms. The number of nitrogens with two attached hydrogens (primary N) is 1. The van der Waals surface area contributed by atoms with Crippen molar-refractivity contribution in [2.75, 3.05) is 20.1 Å². The van der Waals surface area contributed by atoms with E-state index in [1.165, 1.54) is 45.0 Å². The summed E-state index contributed by atoms with van der Waals surface area (Å²) in [4.78, 5) is 0. The second-order valence-corrected chi connectivity index (χ2v) is 4.46. The molecule has 1 fully saturated rings. The molecular formula is C13H21ClN2. The number of benzene rings is 1. The molecule has 3 N–H and O–H groups in total. The smallest absolute Gasteiger partial charge is 0.0406 e. The van der Waals surface area contributed by atoms with Gasteiger partial charge in [0.15, 0.2) is 0 Å². The highest BCUT2D eigenvalue weighted by atomic mass is 35.5. The van der Waals surface area contributed by atoms with Crippen molar-refractivity contribution < 1.29 is 0 Å². The van der Waals surface area contributed by atoms with Gasteiger partial charge in [0.2, 0.25) is 0 Å². The zero-order valence-electron chi connectivity index (χ0n) is 9.88. The Bertz CT molecular complexity index is 278. The molecule has 2 nitrogen and oxygen atoms in total. The maximum Gasteiger partial charge on any atom is 0.0406 e. The fourth-order valence-corrected chi connectivity index (χ4v) is 2.17. The Morgan fingerprint density at radius 1 is 1.19 bits per heavy atom. The Morgan fingerprint density at radius 2 is 1.75 bits per heavy atom. The van der Waals surface area contributed by atoms with Gasteiger partial charge >= 0.3 is 0 Å². The minimum Gasteiger partial charge on any atom is -0.333 e. The lowest BCUT2D eigenvalue weighted by Gasteiger charge is -2.22. The Hall–Kier alpha value is -0.570. The van der Waals surface area contributed by atoms with Crippen LogP contribution in [-0.2, 0) is 6.42 Å². The number of halogens is 1. The number of hydrogen-bond donors (Lipinski definition) is 2. The SMILES string of the molecule is CN.Clc1ccc(CC2CCNCC2)cc1. The maximum atomic E-state index is 5.84. The molecule has 0 unspecified atom stereocenters. The van der Waals surface area contributed by atoms with E-state index in [1.807, 2.05) is 12.1 Å². The molecule has 0 aromatic heterocycles. The van der Waals surface area contributed by atoms with Crippen LogP contribution in [0.15, 0.2) is 24.3 Å². The van der Waals surface area contributed by atoms with Crippen molar-refractivity contribution >= 4 is 11.6 Å². The van der Waals surface area contributed by atoms with E-state index in [-0.39, 0.29) is 0 Å². The lowest BCUT2D eigenvalue weighted by atomic mass is 9.91. The average molecular weight is 241 g/mol. The van der Waals surface area contributed by atoms with E-state index in [9.17, 15) is 0 Å². The summed E-state index contributed by atoms with van der Waals surface area (Å²) in [5.41, 5.74) is 5.92. The maximum absolute atomic E-state index is 5.84. The van der Waals surface area contributed by atoms with Crippen molar-refractivity contribution in [1.29, 1.82) is 0 Å². The number of nitrogens with one attached hydrogen (secondary N) is 1. The van der Waals surface area contributed by atoms with Gasteiger partial charge in [-0.2, -0.15) is 0 Å². The lowest BCUT2D eigenvalue weighted by molar-refractivity contribution is 0.372. The molecule has 0 saturated carbocycles. The molecule has 1 aliphatic rings. The summed E-state index contributed by atoms with van der Waals surface area (Å²) in [7, 11) is 1.50. The van der Waals surface area contributed by atoms with E-state index < -0.39 is 0 Å². The summed E-state index contributed by atoms with van der Waals surface area (Å²) < 4.78 is 0. The Labute approximate surface area is 103 Å². The summed E-state index contributed by atoms with van der Waals surface area (Å²) in [5.74, 6) is 0.859. The van der Waals surface area contributed by atoms with Crippen molar-refractivity contribution in [3.63, 3.8) is 0 Å². The average Bonchev–Trinajstić information content (AvgIpc) is 2.36. The lowest BCUT2D eigenvalue weighted by Crippen LogP contribution is -2.28. The summed E-state index contributed by atoms with van der Waals surface area (Å²) in [6, 6.07) is 8.25. The van der Waals surface area contributed by atoms with E-state index in [0.29, 0.717) is 0 Å². The van der Waals surface area contributed by atoms with Crippen LogP contribution in [0.2, 0.25) is 5.02 Å². The van der Waals surface area contributed by atoms with Crippen LogP contribution in [0.25, 0.3) is 0 Å². The molecule has 0 bridgehead atoms. The van der Waals surface area contributed by atoms with Gasteiger partial charge in [-0.05, 0) is 63.0 Å². The normalized spacial score (nSPS) is 16.4. The first-order valence-electron chi connectivity index (χ1n) is 5.87. The zero-order valence-corrected chi connectivity index (χ0v) is 10.6. The van der Waals surface area contributed by atoms with E-state index in [0.717, 1.165) is 10.9 Å². The predicted molar refractivity (Wildman–Crippen MR) is 70.9 cm³/mol.